The molecule has 0 radical (unpaired) electrons. The highest BCUT2D eigenvalue weighted by atomic mass is 16.2. The maximum Gasteiger partial charge on any atom is 0.261 e. The molecule has 0 fully saturated rings. The fourth-order valence-electron chi connectivity index (χ4n) is 3.73. The van der Waals surface area contributed by atoms with Crippen LogP contribution in [0.15, 0.2) is 36.4 Å². The molecule has 3 rings (SSSR count). The predicted molar refractivity (Wildman–Crippen MR) is 101 cm³/mol. The SMILES string of the molecule is CCN(CC)CCCC(C)N1C(=O)c2cccc3cccc(c23)C1=O. The molecule has 1 heterocycles. The van der Waals surface area contributed by atoms with E-state index in [0.29, 0.717) is 11.1 Å². The molecule has 0 spiro atoms. The predicted octanol–water partition coefficient (Wildman–Crippen LogP) is 3.95. The number of carbonyl (C=O) groups excluding carboxylic acids is 2. The van der Waals surface area contributed by atoms with E-state index in [1.54, 1.807) is 0 Å². The molecule has 2 aromatic carbocycles. The van der Waals surface area contributed by atoms with E-state index in [2.05, 4.69) is 18.7 Å². The first kappa shape index (κ1) is 17.6. The van der Waals surface area contributed by atoms with Crippen molar-refractivity contribution in [2.45, 2.75) is 39.7 Å². The summed E-state index contributed by atoms with van der Waals surface area (Å²) in [5, 5.41) is 1.75. The lowest BCUT2D eigenvalue weighted by atomic mass is 9.93. The van der Waals surface area contributed by atoms with Gasteiger partial charge in [0.15, 0.2) is 0 Å². The summed E-state index contributed by atoms with van der Waals surface area (Å²) in [6, 6.07) is 11.2. The van der Waals surface area contributed by atoms with Crippen molar-refractivity contribution in [1.29, 1.82) is 0 Å². The highest BCUT2D eigenvalue weighted by Gasteiger charge is 2.35. The minimum absolute atomic E-state index is 0.0980. The van der Waals surface area contributed by atoms with Crippen molar-refractivity contribution < 1.29 is 9.59 Å². The van der Waals surface area contributed by atoms with Crippen LogP contribution < -0.4 is 0 Å². The Morgan fingerprint density at radius 2 is 1.52 bits per heavy atom. The lowest BCUT2D eigenvalue weighted by Crippen LogP contribution is -2.46. The molecule has 4 heteroatoms. The molecule has 0 aromatic heterocycles. The minimum atomic E-state index is -0.162. The van der Waals surface area contributed by atoms with Gasteiger partial charge in [0, 0.05) is 22.6 Å². The molecule has 0 bridgehead atoms. The molecule has 0 N–H and O–H groups in total. The number of benzene rings is 2. The van der Waals surface area contributed by atoms with Crippen molar-refractivity contribution in [3.63, 3.8) is 0 Å². The van der Waals surface area contributed by atoms with Gasteiger partial charge in [0.2, 0.25) is 0 Å². The Hall–Kier alpha value is -2.20. The zero-order valence-corrected chi connectivity index (χ0v) is 15.3. The third-order valence-electron chi connectivity index (χ3n) is 5.23. The third-order valence-corrected chi connectivity index (χ3v) is 5.23. The van der Waals surface area contributed by atoms with Crippen LogP contribution in [0.1, 0.15) is 54.3 Å². The number of imide groups is 1. The van der Waals surface area contributed by atoms with Crippen LogP contribution in [0, 0.1) is 0 Å². The summed E-state index contributed by atoms with van der Waals surface area (Å²) in [6.07, 6.45) is 1.80. The summed E-state index contributed by atoms with van der Waals surface area (Å²) < 4.78 is 0. The Kier molecular flexibility index (Phi) is 5.19. The van der Waals surface area contributed by atoms with Crippen LogP contribution in [-0.2, 0) is 0 Å². The second-order valence-corrected chi connectivity index (χ2v) is 6.71. The van der Waals surface area contributed by atoms with Gasteiger partial charge in [-0.2, -0.15) is 0 Å². The Balaban J connectivity index is 1.82. The summed E-state index contributed by atoms with van der Waals surface area (Å²) in [7, 11) is 0. The molecule has 0 aliphatic carbocycles. The second kappa shape index (κ2) is 7.36. The van der Waals surface area contributed by atoms with Gasteiger partial charge in [0.1, 0.15) is 0 Å². The standard InChI is InChI=1S/C21H26N2O2/c1-4-22(5-2)14-8-9-15(3)23-20(24)17-12-6-10-16-11-7-13-18(19(16)17)21(23)25/h6-7,10-13,15H,4-5,8-9,14H2,1-3H3. The number of carbonyl (C=O) groups is 2. The van der Waals surface area contributed by atoms with Crippen LogP contribution >= 0.6 is 0 Å². The molecule has 4 nitrogen and oxygen atoms in total. The number of hydrogen-bond acceptors (Lipinski definition) is 3. The third kappa shape index (κ3) is 3.19. The summed E-state index contributed by atoms with van der Waals surface area (Å²) >= 11 is 0. The van der Waals surface area contributed by atoms with E-state index >= 15 is 0 Å². The van der Waals surface area contributed by atoms with Gasteiger partial charge in [-0.1, -0.05) is 38.1 Å². The molecule has 0 saturated carbocycles. The van der Waals surface area contributed by atoms with Crippen LogP contribution in [0.3, 0.4) is 0 Å². The average Bonchev–Trinajstić information content (AvgIpc) is 2.63. The molecule has 1 aliphatic heterocycles. The molecule has 1 aliphatic rings. The summed E-state index contributed by atoms with van der Waals surface area (Å²) in [5.41, 5.74) is 1.28. The largest absolute Gasteiger partial charge is 0.304 e. The normalized spacial score (nSPS) is 15.3. The van der Waals surface area contributed by atoms with E-state index in [9.17, 15) is 9.59 Å². The van der Waals surface area contributed by atoms with Crippen LogP contribution in [-0.4, -0.2) is 47.3 Å². The van der Waals surface area contributed by atoms with Crippen LogP contribution in [0.5, 0.6) is 0 Å². The second-order valence-electron chi connectivity index (χ2n) is 6.71. The van der Waals surface area contributed by atoms with Gasteiger partial charge in [0.25, 0.3) is 11.8 Å². The molecule has 2 amide bonds. The average molecular weight is 338 g/mol. The highest BCUT2D eigenvalue weighted by molar-refractivity contribution is 6.25. The van der Waals surface area contributed by atoms with Crippen molar-refractivity contribution in [3.05, 3.63) is 47.5 Å². The van der Waals surface area contributed by atoms with Gasteiger partial charge >= 0.3 is 0 Å². The number of nitrogens with zero attached hydrogens (tertiary/aromatic N) is 2. The summed E-state index contributed by atoms with van der Waals surface area (Å²) in [6.45, 7) is 9.35. The molecule has 2 aromatic rings. The molecule has 132 valence electrons. The van der Waals surface area contributed by atoms with E-state index in [-0.39, 0.29) is 17.9 Å². The molecular formula is C21H26N2O2. The smallest absolute Gasteiger partial charge is 0.261 e. The van der Waals surface area contributed by atoms with Crippen LogP contribution in [0.25, 0.3) is 10.8 Å². The Morgan fingerprint density at radius 1 is 0.960 bits per heavy atom. The van der Waals surface area contributed by atoms with Gasteiger partial charge in [-0.05, 0) is 56.9 Å². The van der Waals surface area contributed by atoms with E-state index < -0.39 is 0 Å². The van der Waals surface area contributed by atoms with E-state index in [4.69, 9.17) is 0 Å². The van der Waals surface area contributed by atoms with Gasteiger partial charge in [-0.3, -0.25) is 14.5 Å². The van der Waals surface area contributed by atoms with Crippen LogP contribution in [0.4, 0.5) is 0 Å². The summed E-state index contributed by atoms with van der Waals surface area (Å²) in [5.74, 6) is -0.325. The maximum atomic E-state index is 13.0. The fraction of sp³-hybridized carbons (Fsp3) is 0.429. The Labute approximate surface area is 149 Å². The lowest BCUT2D eigenvalue weighted by Gasteiger charge is -2.32. The first-order valence-electron chi connectivity index (χ1n) is 9.20. The van der Waals surface area contributed by atoms with Crippen molar-refractivity contribution in [3.8, 4) is 0 Å². The van der Waals surface area contributed by atoms with Gasteiger partial charge in [-0.15, -0.1) is 0 Å². The first-order valence-corrected chi connectivity index (χ1v) is 9.20. The summed E-state index contributed by atoms with van der Waals surface area (Å²) in [4.78, 5) is 29.7. The quantitative estimate of drug-likeness (QED) is 0.718. The molecule has 1 atom stereocenters. The van der Waals surface area contributed by atoms with Crippen molar-refractivity contribution in [1.82, 2.24) is 9.80 Å². The highest BCUT2D eigenvalue weighted by Crippen LogP contribution is 2.31. The molecule has 0 saturated heterocycles. The van der Waals surface area contributed by atoms with Crippen molar-refractivity contribution in [2.75, 3.05) is 19.6 Å². The Morgan fingerprint density at radius 3 is 2.04 bits per heavy atom. The van der Waals surface area contributed by atoms with E-state index in [1.807, 2.05) is 43.3 Å². The molecule has 1 unspecified atom stereocenters. The van der Waals surface area contributed by atoms with Gasteiger partial charge in [0.05, 0.1) is 0 Å². The van der Waals surface area contributed by atoms with E-state index in [0.717, 1.165) is 43.2 Å². The molecular weight excluding hydrogens is 312 g/mol. The zero-order valence-electron chi connectivity index (χ0n) is 15.3. The Bertz CT molecular complexity index is 745. The number of amides is 2. The maximum absolute atomic E-state index is 13.0. The number of rotatable bonds is 7. The van der Waals surface area contributed by atoms with Gasteiger partial charge in [-0.25, -0.2) is 0 Å². The van der Waals surface area contributed by atoms with Crippen molar-refractivity contribution in [2.24, 2.45) is 0 Å². The fourth-order valence-corrected chi connectivity index (χ4v) is 3.73. The lowest BCUT2D eigenvalue weighted by molar-refractivity contribution is 0.0541. The van der Waals surface area contributed by atoms with E-state index in [1.165, 1.54) is 4.90 Å². The first-order chi connectivity index (χ1) is 12.1. The van der Waals surface area contributed by atoms with Crippen molar-refractivity contribution >= 4 is 22.6 Å². The molecule has 25 heavy (non-hydrogen) atoms. The van der Waals surface area contributed by atoms with Crippen LogP contribution in [0.2, 0.25) is 0 Å². The monoisotopic (exact) mass is 338 g/mol. The van der Waals surface area contributed by atoms with Gasteiger partial charge < -0.3 is 4.90 Å². The number of hydrogen-bond donors (Lipinski definition) is 0. The minimum Gasteiger partial charge on any atom is -0.304 e. The topological polar surface area (TPSA) is 40.6 Å². The zero-order chi connectivity index (χ0) is 18.0.